The van der Waals surface area contributed by atoms with Gasteiger partial charge in [0.15, 0.2) is 0 Å². The zero-order chi connectivity index (χ0) is 15.7. The molecule has 2 aromatic rings. The van der Waals surface area contributed by atoms with Gasteiger partial charge in [0.1, 0.15) is 0 Å². The van der Waals surface area contributed by atoms with Gasteiger partial charge in [0, 0.05) is 0 Å². The van der Waals surface area contributed by atoms with Crippen LogP contribution in [0.15, 0.2) is 30.3 Å². The Bertz CT molecular complexity index is 622. The lowest BCUT2D eigenvalue weighted by Crippen LogP contribution is -2.00. The third-order valence-corrected chi connectivity index (χ3v) is 4.30. The maximum atomic E-state index is 2.41. The van der Waals surface area contributed by atoms with Crippen LogP contribution in [0.5, 0.6) is 0 Å². The minimum Gasteiger partial charge on any atom is -0.0587 e. The molecule has 112 valence electrons. The van der Waals surface area contributed by atoms with E-state index in [0.717, 1.165) is 0 Å². The van der Waals surface area contributed by atoms with Gasteiger partial charge in [0.05, 0.1) is 0 Å². The topological polar surface area (TPSA) is 0 Å². The Balaban J connectivity index is 2.64. The Hall–Kier alpha value is -1.56. The molecule has 0 amide bonds. The number of aryl methyl sites for hydroxylation is 3. The number of hydrogen-bond donors (Lipinski definition) is 0. The fraction of sp³-hybridized carbons (Fsp3) is 0.429. The summed E-state index contributed by atoms with van der Waals surface area (Å²) < 4.78 is 0. The van der Waals surface area contributed by atoms with Crippen molar-refractivity contribution < 1.29 is 0 Å². The first-order valence-corrected chi connectivity index (χ1v) is 8.03. The molecular weight excluding hydrogens is 252 g/mol. The maximum absolute atomic E-state index is 2.41. The molecule has 0 N–H and O–H groups in total. The highest BCUT2D eigenvalue weighted by atomic mass is 14.2. The SMILES string of the molecule is Cc1cc(C)c(-c2ccc(C(C)C)c(C(C)C)c2)c(C)c1. The van der Waals surface area contributed by atoms with Crippen LogP contribution in [0.25, 0.3) is 11.1 Å². The van der Waals surface area contributed by atoms with Crippen LogP contribution in [0.3, 0.4) is 0 Å². The van der Waals surface area contributed by atoms with E-state index in [4.69, 9.17) is 0 Å². The Kier molecular flexibility index (Phi) is 4.56. The molecule has 0 nitrogen and oxygen atoms in total. The van der Waals surface area contributed by atoms with Crippen molar-refractivity contribution in [2.45, 2.75) is 60.3 Å². The van der Waals surface area contributed by atoms with Crippen LogP contribution in [0.2, 0.25) is 0 Å². The second kappa shape index (κ2) is 6.05. The van der Waals surface area contributed by atoms with Crippen LogP contribution < -0.4 is 0 Å². The highest BCUT2D eigenvalue weighted by molar-refractivity contribution is 5.72. The van der Waals surface area contributed by atoms with Gasteiger partial charge in [-0.05, 0) is 66.0 Å². The van der Waals surface area contributed by atoms with E-state index in [0.29, 0.717) is 11.8 Å². The Morgan fingerprint density at radius 2 is 1.19 bits per heavy atom. The van der Waals surface area contributed by atoms with E-state index in [2.05, 4.69) is 78.8 Å². The fourth-order valence-corrected chi connectivity index (χ4v) is 3.39. The molecule has 0 unspecified atom stereocenters. The second-order valence-corrected chi connectivity index (χ2v) is 6.93. The molecule has 0 fully saturated rings. The summed E-state index contributed by atoms with van der Waals surface area (Å²) in [5, 5.41) is 0. The normalized spacial score (nSPS) is 11.5. The molecule has 0 aliphatic heterocycles. The van der Waals surface area contributed by atoms with Crippen LogP contribution in [-0.4, -0.2) is 0 Å². The lowest BCUT2D eigenvalue weighted by molar-refractivity contribution is 0.790. The Morgan fingerprint density at radius 3 is 1.67 bits per heavy atom. The molecule has 21 heavy (non-hydrogen) atoms. The molecule has 0 spiro atoms. The van der Waals surface area contributed by atoms with E-state index >= 15 is 0 Å². The van der Waals surface area contributed by atoms with Crippen molar-refractivity contribution in [2.24, 2.45) is 0 Å². The molecular formula is C21H28. The summed E-state index contributed by atoms with van der Waals surface area (Å²) in [4.78, 5) is 0. The molecule has 0 radical (unpaired) electrons. The molecule has 0 bridgehead atoms. The third kappa shape index (κ3) is 3.20. The minimum atomic E-state index is 0.563. The summed E-state index contributed by atoms with van der Waals surface area (Å²) in [5.41, 5.74) is 9.82. The lowest BCUT2D eigenvalue weighted by atomic mass is 9.86. The van der Waals surface area contributed by atoms with Gasteiger partial charge in [-0.15, -0.1) is 0 Å². The summed E-state index contributed by atoms with van der Waals surface area (Å²) in [6.45, 7) is 15.8. The predicted octanol–water partition coefficient (Wildman–Crippen LogP) is 6.53. The van der Waals surface area contributed by atoms with Crippen molar-refractivity contribution >= 4 is 0 Å². The third-order valence-electron chi connectivity index (χ3n) is 4.30. The van der Waals surface area contributed by atoms with Crippen molar-refractivity contribution in [3.63, 3.8) is 0 Å². The van der Waals surface area contributed by atoms with Crippen molar-refractivity contribution in [1.29, 1.82) is 0 Å². The quantitative estimate of drug-likeness (QED) is 0.600. The first-order valence-electron chi connectivity index (χ1n) is 8.03. The van der Waals surface area contributed by atoms with E-state index in [1.807, 2.05) is 0 Å². The minimum absolute atomic E-state index is 0.563. The standard InChI is InChI=1S/C21H28/c1-13(2)19-9-8-18(12-20(19)14(3)4)21-16(6)10-15(5)11-17(21)7/h8-14H,1-7H3. The molecule has 0 aliphatic carbocycles. The van der Waals surface area contributed by atoms with Crippen LogP contribution in [0.1, 0.15) is 67.3 Å². The fourth-order valence-electron chi connectivity index (χ4n) is 3.39. The molecule has 2 aromatic carbocycles. The molecule has 0 heterocycles. The summed E-state index contributed by atoms with van der Waals surface area (Å²) in [6.07, 6.45) is 0. The van der Waals surface area contributed by atoms with E-state index in [1.165, 1.54) is 38.9 Å². The molecule has 0 aromatic heterocycles. The largest absolute Gasteiger partial charge is 0.0587 e. The van der Waals surface area contributed by atoms with Crippen molar-refractivity contribution in [3.05, 3.63) is 58.1 Å². The smallest absolute Gasteiger partial charge is 0.0125 e. The second-order valence-electron chi connectivity index (χ2n) is 6.93. The monoisotopic (exact) mass is 280 g/mol. The van der Waals surface area contributed by atoms with E-state index in [-0.39, 0.29) is 0 Å². The number of hydrogen-bond acceptors (Lipinski definition) is 0. The highest BCUT2D eigenvalue weighted by Crippen LogP contribution is 2.34. The average molecular weight is 280 g/mol. The van der Waals surface area contributed by atoms with Gasteiger partial charge in [-0.2, -0.15) is 0 Å². The summed E-state index contributed by atoms with van der Waals surface area (Å²) in [5.74, 6) is 1.14. The number of benzene rings is 2. The van der Waals surface area contributed by atoms with E-state index < -0.39 is 0 Å². The molecule has 0 heteroatoms. The van der Waals surface area contributed by atoms with Crippen molar-refractivity contribution in [2.75, 3.05) is 0 Å². The average Bonchev–Trinajstić information content (AvgIpc) is 2.36. The van der Waals surface area contributed by atoms with Gasteiger partial charge in [0.2, 0.25) is 0 Å². The van der Waals surface area contributed by atoms with Crippen LogP contribution in [0.4, 0.5) is 0 Å². The molecule has 0 saturated carbocycles. The first kappa shape index (κ1) is 15.8. The molecule has 2 rings (SSSR count). The molecule has 0 atom stereocenters. The van der Waals surface area contributed by atoms with Gasteiger partial charge >= 0.3 is 0 Å². The predicted molar refractivity (Wildman–Crippen MR) is 94.3 cm³/mol. The Labute approximate surface area is 130 Å². The van der Waals surface area contributed by atoms with Crippen LogP contribution in [-0.2, 0) is 0 Å². The zero-order valence-electron chi connectivity index (χ0n) is 14.5. The van der Waals surface area contributed by atoms with Gasteiger partial charge < -0.3 is 0 Å². The summed E-state index contributed by atoms with van der Waals surface area (Å²) >= 11 is 0. The van der Waals surface area contributed by atoms with Crippen LogP contribution >= 0.6 is 0 Å². The van der Waals surface area contributed by atoms with Gasteiger partial charge in [0.25, 0.3) is 0 Å². The van der Waals surface area contributed by atoms with Crippen molar-refractivity contribution in [3.8, 4) is 11.1 Å². The maximum Gasteiger partial charge on any atom is -0.0125 e. The van der Waals surface area contributed by atoms with Crippen LogP contribution in [0, 0.1) is 20.8 Å². The Morgan fingerprint density at radius 1 is 0.667 bits per heavy atom. The summed E-state index contributed by atoms with van der Waals surface area (Å²) in [6, 6.07) is 11.6. The number of rotatable bonds is 3. The van der Waals surface area contributed by atoms with Gasteiger partial charge in [-0.25, -0.2) is 0 Å². The first-order chi connectivity index (χ1) is 9.81. The lowest BCUT2D eigenvalue weighted by Gasteiger charge is -2.19. The van der Waals surface area contributed by atoms with Gasteiger partial charge in [-0.3, -0.25) is 0 Å². The zero-order valence-corrected chi connectivity index (χ0v) is 14.5. The molecule has 0 aliphatic rings. The summed E-state index contributed by atoms with van der Waals surface area (Å²) in [7, 11) is 0. The van der Waals surface area contributed by atoms with Crippen molar-refractivity contribution in [1.82, 2.24) is 0 Å². The van der Waals surface area contributed by atoms with E-state index in [9.17, 15) is 0 Å². The molecule has 0 saturated heterocycles. The highest BCUT2D eigenvalue weighted by Gasteiger charge is 2.13. The van der Waals surface area contributed by atoms with E-state index in [1.54, 1.807) is 0 Å². The van der Waals surface area contributed by atoms with Gasteiger partial charge in [-0.1, -0.05) is 63.6 Å².